The number of hydrogen-bond acceptors (Lipinski definition) is 2. The molecule has 1 aromatic rings. The largest absolute Gasteiger partial charge is 0.397 e. The molecule has 0 spiro atoms. The summed E-state index contributed by atoms with van der Waals surface area (Å²) in [6.45, 7) is 0.894. The van der Waals surface area contributed by atoms with Gasteiger partial charge in [0, 0.05) is 12.6 Å². The van der Waals surface area contributed by atoms with Crippen LogP contribution in [0.15, 0.2) is 16.6 Å². The summed E-state index contributed by atoms with van der Waals surface area (Å²) in [4.78, 5) is 0. The van der Waals surface area contributed by atoms with Crippen molar-refractivity contribution in [1.29, 1.82) is 0 Å². The number of benzene rings is 1. The maximum absolute atomic E-state index is 13.2. The fourth-order valence-electron chi connectivity index (χ4n) is 1.67. The molecule has 1 saturated carbocycles. The second-order valence-electron chi connectivity index (χ2n) is 4.03. The van der Waals surface area contributed by atoms with Crippen molar-refractivity contribution in [3.05, 3.63) is 22.4 Å². The first-order chi connectivity index (χ1) is 7.16. The van der Waals surface area contributed by atoms with Crippen LogP contribution >= 0.6 is 15.9 Å². The number of hydrogen-bond donors (Lipinski definition) is 2. The average Bonchev–Trinajstić information content (AvgIpc) is 2.11. The smallest absolute Gasteiger partial charge is 0.139 e. The predicted octanol–water partition coefficient (Wildman–Crippen LogP) is 3.38. The quantitative estimate of drug-likeness (QED) is 0.828. The molecule has 0 aliphatic heterocycles. The lowest BCUT2D eigenvalue weighted by Crippen LogP contribution is -2.21. The van der Waals surface area contributed by atoms with Gasteiger partial charge in [-0.3, -0.25) is 0 Å². The van der Waals surface area contributed by atoms with Crippen molar-refractivity contribution in [1.82, 2.24) is 0 Å². The third-order valence-corrected chi connectivity index (χ3v) is 3.51. The van der Waals surface area contributed by atoms with Gasteiger partial charge in [-0.2, -0.15) is 0 Å². The van der Waals surface area contributed by atoms with E-state index < -0.39 is 0 Å². The number of rotatable bonds is 3. The number of anilines is 2. The van der Waals surface area contributed by atoms with Crippen molar-refractivity contribution in [2.75, 3.05) is 17.6 Å². The van der Waals surface area contributed by atoms with Gasteiger partial charge in [-0.1, -0.05) is 6.42 Å². The molecule has 1 fully saturated rings. The maximum Gasteiger partial charge on any atom is 0.139 e. The summed E-state index contributed by atoms with van der Waals surface area (Å²) < 4.78 is 13.6. The lowest BCUT2D eigenvalue weighted by Gasteiger charge is -2.26. The Bertz CT molecular complexity index is 364. The predicted molar refractivity (Wildman–Crippen MR) is 64.3 cm³/mol. The fourth-order valence-corrected chi connectivity index (χ4v) is 2.03. The standard InChI is InChI=1S/C11H14BrFN2/c12-8-4-10(14)11(5-9(8)13)15-6-7-2-1-3-7/h4-5,7,15H,1-3,6,14H2. The van der Waals surface area contributed by atoms with E-state index in [2.05, 4.69) is 21.2 Å². The molecule has 1 aromatic carbocycles. The number of halogens is 2. The van der Waals surface area contributed by atoms with Crippen LogP contribution in [0.3, 0.4) is 0 Å². The first-order valence-corrected chi connectivity index (χ1v) is 5.94. The van der Waals surface area contributed by atoms with Crippen molar-refractivity contribution in [3.8, 4) is 0 Å². The fraction of sp³-hybridized carbons (Fsp3) is 0.455. The van der Waals surface area contributed by atoms with Crippen LogP contribution in [0, 0.1) is 11.7 Å². The summed E-state index contributed by atoms with van der Waals surface area (Å²) >= 11 is 3.10. The molecule has 0 amide bonds. The molecule has 0 aromatic heterocycles. The van der Waals surface area contributed by atoms with Crippen LogP contribution in [-0.2, 0) is 0 Å². The van der Waals surface area contributed by atoms with E-state index in [1.807, 2.05) is 0 Å². The summed E-state index contributed by atoms with van der Waals surface area (Å²) in [5.41, 5.74) is 7.06. The lowest BCUT2D eigenvalue weighted by atomic mass is 9.85. The van der Waals surface area contributed by atoms with E-state index in [4.69, 9.17) is 5.73 Å². The molecule has 15 heavy (non-hydrogen) atoms. The zero-order chi connectivity index (χ0) is 10.8. The molecule has 82 valence electrons. The van der Waals surface area contributed by atoms with Gasteiger partial charge in [-0.05, 0) is 40.8 Å². The molecule has 2 nitrogen and oxygen atoms in total. The van der Waals surface area contributed by atoms with Gasteiger partial charge in [0.05, 0.1) is 15.8 Å². The summed E-state index contributed by atoms with van der Waals surface area (Å²) in [6, 6.07) is 3.04. The Hall–Kier alpha value is -0.770. The molecule has 4 heteroatoms. The normalized spacial score (nSPS) is 16.1. The van der Waals surface area contributed by atoms with Crippen LogP contribution in [0.5, 0.6) is 0 Å². The third-order valence-electron chi connectivity index (χ3n) is 2.90. The average molecular weight is 273 g/mol. The SMILES string of the molecule is Nc1cc(Br)c(F)cc1NCC1CCC1. The number of nitrogen functional groups attached to an aromatic ring is 1. The van der Waals surface area contributed by atoms with Crippen LogP contribution in [-0.4, -0.2) is 6.54 Å². The Kier molecular flexibility index (Phi) is 3.14. The van der Waals surface area contributed by atoms with Crippen molar-refractivity contribution >= 4 is 27.3 Å². The topological polar surface area (TPSA) is 38.0 Å². The van der Waals surface area contributed by atoms with Crippen molar-refractivity contribution in [3.63, 3.8) is 0 Å². The Morgan fingerprint density at radius 1 is 1.47 bits per heavy atom. The maximum atomic E-state index is 13.2. The van der Waals surface area contributed by atoms with E-state index in [9.17, 15) is 4.39 Å². The highest BCUT2D eigenvalue weighted by atomic mass is 79.9. The first kappa shape index (κ1) is 10.7. The second kappa shape index (κ2) is 4.39. The van der Waals surface area contributed by atoms with Crippen LogP contribution < -0.4 is 11.1 Å². The molecule has 0 atom stereocenters. The van der Waals surface area contributed by atoms with E-state index in [1.165, 1.54) is 25.3 Å². The molecule has 0 unspecified atom stereocenters. The molecule has 0 heterocycles. The summed E-state index contributed by atoms with van der Waals surface area (Å²) in [5, 5.41) is 3.20. The van der Waals surface area contributed by atoms with Gasteiger partial charge in [-0.15, -0.1) is 0 Å². The highest BCUT2D eigenvalue weighted by Crippen LogP contribution is 2.29. The Labute approximate surface area is 97.2 Å². The van der Waals surface area contributed by atoms with Crippen LogP contribution in [0.4, 0.5) is 15.8 Å². The summed E-state index contributed by atoms with van der Waals surface area (Å²) in [5.74, 6) is 0.455. The highest BCUT2D eigenvalue weighted by Gasteiger charge is 2.17. The molecule has 0 radical (unpaired) electrons. The van der Waals surface area contributed by atoms with Gasteiger partial charge in [0.1, 0.15) is 5.82 Å². The van der Waals surface area contributed by atoms with Crippen molar-refractivity contribution in [2.24, 2.45) is 5.92 Å². The monoisotopic (exact) mass is 272 g/mol. The lowest BCUT2D eigenvalue weighted by molar-refractivity contribution is 0.333. The summed E-state index contributed by atoms with van der Waals surface area (Å²) in [6.07, 6.45) is 3.86. The van der Waals surface area contributed by atoms with E-state index in [0.29, 0.717) is 15.8 Å². The molecular weight excluding hydrogens is 259 g/mol. The molecule has 0 bridgehead atoms. The van der Waals surface area contributed by atoms with E-state index >= 15 is 0 Å². The van der Waals surface area contributed by atoms with Crippen LogP contribution in [0.2, 0.25) is 0 Å². The molecule has 3 N–H and O–H groups in total. The molecule has 1 aliphatic rings. The van der Waals surface area contributed by atoms with Gasteiger partial charge in [-0.25, -0.2) is 4.39 Å². The van der Waals surface area contributed by atoms with Crippen molar-refractivity contribution in [2.45, 2.75) is 19.3 Å². The van der Waals surface area contributed by atoms with Gasteiger partial charge in [0.15, 0.2) is 0 Å². The van der Waals surface area contributed by atoms with E-state index in [-0.39, 0.29) is 5.82 Å². The Balaban J connectivity index is 2.03. The molecular formula is C11H14BrFN2. The van der Waals surface area contributed by atoms with Crippen molar-refractivity contribution < 1.29 is 4.39 Å². The Morgan fingerprint density at radius 2 is 2.20 bits per heavy atom. The minimum absolute atomic E-state index is 0.277. The minimum atomic E-state index is -0.277. The van der Waals surface area contributed by atoms with Gasteiger partial charge < -0.3 is 11.1 Å². The second-order valence-corrected chi connectivity index (χ2v) is 4.89. The molecule has 0 saturated heterocycles. The van der Waals surface area contributed by atoms with E-state index in [0.717, 1.165) is 12.5 Å². The van der Waals surface area contributed by atoms with Gasteiger partial charge >= 0.3 is 0 Å². The molecule has 1 aliphatic carbocycles. The van der Waals surface area contributed by atoms with Crippen LogP contribution in [0.1, 0.15) is 19.3 Å². The Morgan fingerprint density at radius 3 is 2.80 bits per heavy atom. The minimum Gasteiger partial charge on any atom is -0.397 e. The zero-order valence-corrected chi connectivity index (χ0v) is 9.98. The zero-order valence-electron chi connectivity index (χ0n) is 8.39. The van der Waals surface area contributed by atoms with Crippen LogP contribution in [0.25, 0.3) is 0 Å². The third kappa shape index (κ3) is 2.43. The molecule has 2 rings (SSSR count). The van der Waals surface area contributed by atoms with Gasteiger partial charge in [0.2, 0.25) is 0 Å². The number of nitrogens with two attached hydrogens (primary N) is 1. The van der Waals surface area contributed by atoms with E-state index in [1.54, 1.807) is 6.07 Å². The first-order valence-electron chi connectivity index (χ1n) is 5.15. The highest BCUT2D eigenvalue weighted by molar-refractivity contribution is 9.10. The number of nitrogens with one attached hydrogen (secondary N) is 1. The van der Waals surface area contributed by atoms with Gasteiger partial charge in [0.25, 0.3) is 0 Å². The summed E-state index contributed by atoms with van der Waals surface area (Å²) in [7, 11) is 0.